The first-order valence-corrected chi connectivity index (χ1v) is 5.98. The van der Waals surface area contributed by atoms with Gasteiger partial charge in [0, 0.05) is 29.8 Å². The molecule has 2 aliphatic heterocycles. The number of rotatable bonds is 0. The minimum absolute atomic E-state index is 0.688. The molecule has 0 aromatic heterocycles. The van der Waals surface area contributed by atoms with Crippen molar-refractivity contribution in [3.05, 3.63) is 28.8 Å². The average molecular weight is 223 g/mol. The fourth-order valence-corrected chi connectivity index (χ4v) is 2.86. The molecule has 0 spiro atoms. The molecule has 0 bridgehead atoms. The van der Waals surface area contributed by atoms with Gasteiger partial charge in [0.1, 0.15) is 0 Å². The van der Waals surface area contributed by atoms with Crippen molar-refractivity contribution in [3.63, 3.8) is 0 Å². The number of fused-ring (bicyclic) bond motifs is 3. The third-order valence-electron chi connectivity index (χ3n) is 3.44. The second kappa shape index (κ2) is 3.69. The topological polar surface area (TPSA) is 15.3 Å². The Morgan fingerprint density at radius 2 is 2.27 bits per heavy atom. The van der Waals surface area contributed by atoms with Crippen LogP contribution in [0.3, 0.4) is 0 Å². The van der Waals surface area contributed by atoms with E-state index in [1.807, 2.05) is 6.07 Å². The first-order valence-electron chi connectivity index (χ1n) is 5.60. The summed E-state index contributed by atoms with van der Waals surface area (Å²) in [6.07, 6.45) is 2.43. The summed E-state index contributed by atoms with van der Waals surface area (Å²) in [7, 11) is 0. The molecule has 1 saturated heterocycles. The van der Waals surface area contributed by atoms with Gasteiger partial charge in [0.05, 0.1) is 0 Å². The Morgan fingerprint density at radius 3 is 3.20 bits per heavy atom. The van der Waals surface area contributed by atoms with E-state index in [9.17, 15) is 0 Å². The van der Waals surface area contributed by atoms with E-state index >= 15 is 0 Å². The van der Waals surface area contributed by atoms with Crippen LogP contribution in [0.5, 0.6) is 0 Å². The zero-order valence-electron chi connectivity index (χ0n) is 8.67. The van der Waals surface area contributed by atoms with Crippen molar-refractivity contribution in [1.29, 1.82) is 0 Å². The van der Waals surface area contributed by atoms with Crippen LogP contribution in [0.15, 0.2) is 18.2 Å². The zero-order chi connectivity index (χ0) is 10.3. The van der Waals surface area contributed by atoms with Crippen molar-refractivity contribution in [1.82, 2.24) is 5.32 Å². The van der Waals surface area contributed by atoms with E-state index < -0.39 is 0 Å². The van der Waals surface area contributed by atoms with E-state index in [0.29, 0.717) is 6.04 Å². The van der Waals surface area contributed by atoms with Gasteiger partial charge in [-0.05, 0) is 37.1 Å². The molecular weight excluding hydrogens is 208 g/mol. The SMILES string of the molecule is Clc1ccc2c(c1)N1CCNCCC1C2. The van der Waals surface area contributed by atoms with Gasteiger partial charge in [-0.25, -0.2) is 0 Å². The molecule has 3 heteroatoms. The molecular formula is C12H15ClN2. The summed E-state index contributed by atoms with van der Waals surface area (Å²) in [6.45, 7) is 3.34. The van der Waals surface area contributed by atoms with Crippen molar-refractivity contribution < 1.29 is 0 Å². The molecule has 2 heterocycles. The van der Waals surface area contributed by atoms with E-state index in [1.165, 1.54) is 24.1 Å². The predicted octanol–water partition coefficient (Wildman–Crippen LogP) is 2.06. The molecule has 1 aromatic carbocycles. The summed E-state index contributed by atoms with van der Waals surface area (Å²) >= 11 is 6.05. The molecule has 0 saturated carbocycles. The van der Waals surface area contributed by atoms with Crippen LogP contribution in [0, 0.1) is 0 Å². The maximum atomic E-state index is 6.05. The molecule has 0 amide bonds. The highest BCUT2D eigenvalue weighted by Crippen LogP contribution is 2.35. The number of hydrogen-bond donors (Lipinski definition) is 1. The number of nitrogens with one attached hydrogen (secondary N) is 1. The van der Waals surface area contributed by atoms with Crippen LogP contribution < -0.4 is 10.2 Å². The Hall–Kier alpha value is -0.730. The van der Waals surface area contributed by atoms with Crippen LogP contribution in [-0.2, 0) is 6.42 Å². The summed E-state index contributed by atoms with van der Waals surface area (Å²) in [5.74, 6) is 0. The Bertz CT molecular complexity index is 378. The molecule has 0 radical (unpaired) electrons. The lowest BCUT2D eigenvalue weighted by Gasteiger charge is -2.24. The summed E-state index contributed by atoms with van der Waals surface area (Å²) in [5, 5.41) is 4.30. The fraction of sp³-hybridized carbons (Fsp3) is 0.500. The van der Waals surface area contributed by atoms with Gasteiger partial charge in [-0.15, -0.1) is 0 Å². The Morgan fingerprint density at radius 1 is 1.33 bits per heavy atom. The van der Waals surface area contributed by atoms with E-state index in [4.69, 9.17) is 11.6 Å². The van der Waals surface area contributed by atoms with Crippen LogP contribution >= 0.6 is 11.6 Å². The van der Waals surface area contributed by atoms with Gasteiger partial charge < -0.3 is 10.2 Å². The van der Waals surface area contributed by atoms with E-state index in [-0.39, 0.29) is 0 Å². The summed E-state index contributed by atoms with van der Waals surface area (Å²) < 4.78 is 0. The highest BCUT2D eigenvalue weighted by molar-refractivity contribution is 6.30. The van der Waals surface area contributed by atoms with E-state index in [2.05, 4.69) is 22.3 Å². The van der Waals surface area contributed by atoms with Crippen LogP contribution in [-0.4, -0.2) is 25.7 Å². The molecule has 80 valence electrons. The standard InChI is InChI=1S/C12H15ClN2/c13-10-2-1-9-7-11-3-4-14-5-6-15(11)12(9)8-10/h1-2,8,11,14H,3-7H2. The van der Waals surface area contributed by atoms with Crippen LogP contribution in [0.2, 0.25) is 5.02 Å². The Balaban J connectivity index is 1.98. The molecule has 3 rings (SSSR count). The Labute approximate surface area is 95.2 Å². The maximum Gasteiger partial charge on any atom is 0.0426 e. The monoisotopic (exact) mass is 222 g/mol. The van der Waals surface area contributed by atoms with Crippen LogP contribution in [0.1, 0.15) is 12.0 Å². The number of benzene rings is 1. The lowest BCUT2D eigenvalue weighted by Crippen LogP contribution is -2.32. The number of hydrogen-bond acceptors (Lipinski definition) is 2. The van der Waals surface area contributed by atoms with Gasteiger partial charge in [0.15, 0.2) is 0 Å². The normalized spacial score (nSPS) is 24.6. The highest BCUT2D eigenvalue weighted by Gasteiger charge is 2.29. The highest BCUT2D eigenvalue weighted by atomic mass is 35.5. The van der Waals surface area contributed by atoms with Crippen molar-refractivity contribution in [3.8, 4) is 0 Å². The van der Waals surface area contributed by atoms with Crippen LogP contribution in [0.25, 0.3) is 0 Å². The van der Waals surface area contributed by atoms with Crippen LogP contribution in [0.4, 0.5) is 5.69 Å². The first kappa shape index (κ1) is 9.49. The largest absolute Gasteiger partial charge is 0.367 e. The smallest absolute Gasteiger partial charge is 0.0426 e. The molecule has 15 heavy (non-hydrogen) atoms. The molecule has 1 N–H and O–H groups in total. The van der Waals surface area contributed by atoms with Gasteiger partial charge in [-0.1, -0.05) is 17.7 Å². The first-order chi connectivity index (χ1) is 7.34. The van der Waals surface area contributed by atoms with Gasteiger partial charge in [-0.2, -0.15) is 0 Å². The van der Waals surface area contributed by atoms with Gasteiger partial charge in [-0.3, -0.25) is 0 Å². The van der Waals surface area contributed by atoms with Crippen molar-refractivity contribution in [2.24, 2.45) is 0 Å². The van der Waals surface area contributed by atoms with Crippen molar-refractivity contribution >= 4 is 17.3 Å². The maximum absolute atomic E-state index is 6.05. The Kier molecular flexibility index (Phi) is 2.33. The third kappa shape index (κ3) is 1.62. The lowest BCUT2D eigenvalue weighted by atomic mass is 10.1. The van der Waals surface area contributed by atoms with E-state index in [0.717, 1.165) is 24.7 Å². The number of nitrogens with zero attached hydrogens (tertiary/aromatic N) is 1. The zero-order valence-corrected chi connectivity index (χ0v) is 9.43. The third-order valence-corrected chi connectivity index (χ3v) is 3.67. The van der Waals surface area contributed by atoms with Gasteiger partial charge in [0.2, 0.25) is 0 Å². The fourth-order valence-electron chi connectivity index (χ4n) is 2.69. The molecule has 1 aromatic rings. The summed E-state index contributed by atoms with van der Waals surface area (Å²) in [5.41, 5.74) is 2.82. The second-order valence-electron chi connectivity index (χ2n) is 4.36. The molecule has 1 unspecified atom stereocenters. The second-order valence-corrected chi connectivity index (χ2v) is 4.80. The number of halogens is 1. The molecule has 0 aliphatic carbocycles. The summed E-state index contributed by atoms with van der Waals surface area (Å²) in [6, 6.07) is 6.99. The molecule has 2 aliphatic rings. The minimum Gasteiger partial charge on any atom is -0.367 e. The van der Waals surface area contributed by atoms with Gasteiger partial charge >= 0.3 is 0 Å². The molecule has 1 fully saturated rings. The average Bonchev–Trinajstić information content (AvgIpc) is 2.44. The van der Waals surface area contributed by atoms with Crippen molar-refractivity contribution in [2.45, 2.75) is 18.9 Å². The minimum atomic E-state index is 0.688. The molecule has 2 nitrogen and oxygen atoms in total. The molecule has 1 atom stereocenters. The van der Waals surface area contributed by atoms with Crippen molar-refractivity contribution in [2.75, 3.05) is 24.5 Å². The quantitative estimate of drug-likeness (QED) is 0.723. The lowest BCUT2D eigenvalue weighted by molar-refractivity contribution is 0.612. The summed E-state index contributed by atoms with van der Waals surface area (Å²) in [4.78, 5) is 2.52. The van der Waals surface area contributed by atoms with Gasteiger partial charge in [0.25, 0.3) is 0 Å². The number of anilines is 1. The van der Waals surface area contributed by atoms with E-state index in [1.54, 1.807) is 0 Å². The predicted molar refractivity (Wildman–Crippen MR) is 63.8 cm³/mol.